The molecule has 0 bridgehead atoms. The molecule has 0 unspecified atom stereocenters. The number of H-pyrrole nitrogens is 1. The van der Waals surface area contributed by atoms with Crippen molar-refractivity contribution < 1.29 is 0 Å². The number of aromatic nitrogens is 8. The molecule has 10 nitrogen and oxygen atoms in total. The van der Waals surface area contributed by atoms with Gasteiger partial charge in [0.25, 0.3) is 0 Å². The van der Waals surface area contributed by atoms with Gasteiger partial charge in [-0.05, 0) is 30.5 Å². The van der Waals surface area contributed by atoms with Crippen LogP contribution in [0.3, 0.4) is 0 Å². The summed E-state index contributed by atoms with van der Waals surface area (Å²) in [6, 6.07) is 23.5. The van der Waals surface area contributed by atoms with Crippen molar-refractivity contribution >= 4 is 39.0 Å². The van der Waals surface area contributed by atoms with Crippen LogP contribution in [-0.4, -0.2) is 57.4 Å². The lowest BCUT2D eigenvalue weighted by atomic mass is 10.0. The van der Waals surface area contributed by atoms with Crippen LogP contribution in [0.2, 0.25) is 0 Å². The largest absolute Gasteiger partial charge is 0.382 e. The molecule has 3 N–H and O–H groups in total. The maximum Gasteiger partial charge on any atom is 0.165 e. The zero-order valence-corrected chi connectivity index (χ0v) is 22.9. The first-order valence-corrected chi connectivity index (χ1v) is 14.1. The Kier molecular flexibility index (Phi) is 5.85. The summed E-state index contributed by atoms with van der Waals surface area (Å²) < 4.78 is 2.16. The van der Waals surface area contributed by atoms with Crippen LogP contribution >= 0.6 is 0 Å². The highest BCUT2D eigenvalue weighted by Gasteiger charge is 2.23. The van der Waals surface area contributed by atoms with E-state index in [1.807, 2.05) is 36.7 Å². The Bertz CT molecular complexity index is 2040. The van der Waals surface area contributed by atoms with E-state index in [0.717, 1.165) is 82.7 Å². The lowest BCUT2D eigenvalue weighted by molar-refractivity contribution is 0.181. The number of piperidine rings is 1. The minimum atomic E-state index is 0.357. The summed E-state index contributed by atoms with van der Waals surface area (Å²) in [7, 11) is 0. The van der Waals surface area contributed by atoms with Crippen LogP contribution < -0.4 is 5.73 Å². The van der Waals surface area contributed by atoms with Gasteiger partial charge in [0.05, 0.1) is 39.8 Å². The molecule has 0 saturated carbocycles. The smallest absolute Gasteiger partial charge is 0.165 e. The van der Waals surface area contributed by atoms with E-state index >= 15 is 0 Å². The fourth-order valence-corrected chi connectivity index (χ4v) is 6.03. The summed E-state index contributed by atoms with van der Waals surface area (Å²) in [5, 5.41) is 0. The third-order valence-corrected chi connectivity index (χ3v) is 8.25. The first kappa shape index (κ1) is 24.6. The Hall–Kier alpha value is -5.22. The van der Waals surface area contributed by atoms with E-state index < -0.39 is 0 Å². The minimum Gasteiger partial charge on any atom is -0.382 e. The SMILES string of the molecule is Nc1ncnc2c1ncn2C1CCN(Cc2ccc(-c3[nH]c4cc5ncnc5cc4nc3-c3ccccc3)cc2)CC1. The van der Waals surface area contributed by atoms with Crippen molar-refractivity contribution in [2.75, 3.05) is 18.8 Å². The van der Waals surface area contributed by atoms with Gasteiger partial charge in [-0.2, -0.15) is 0 Å². The number of hydrogen-bond acceptors (Lipinski definition) is 8. The molecule has 5 heterocycles. The summed E-state index contributed by atoms with van der Waals surface area (Å²) in [6.45, 7) is 2.92. The molecule has 1 aliphatic rings. The number of nitrogen functional groups attached to an aromatic ring is 1. The number of imidazole rings is 2. The fraction of sp³-hybridized carbons (Fsp3) is 0.188. The summed E-state index contributed by atoms with van der Waals surface area (Å²) in [5.74, 6) is 0.432. The van der Waals surface area contributed by atoms with Gasteiger partial charge in [-0.25, -0.2) is 29.9 Å². The molecular formula is C32H28N10. The lowest BCUT2D eigenvalue weighted by Gasteiger charge is -2.32. The summed E-state index contributed by atoms with van der Waals surface area (Å²) in [6.07, 6.45) is 7.03. The van der Waals surface area contributed by atoms with Gasteiger partial charge >= 0.3 is 0 Å². The number of nitrogens with two attached hydrogens (primary N) is 1. The molecule has 0 atom stereocenters. The number of benzene rings is 3. The quantitative estimate of drug-likeness (QED) is 0.291. The monoisotopic (exact) mass is 552 g/mol. The Balaban J connectivity index is 1.03. The van der Waals surface area contributed by atoms with E-state index in [-0.39, 0.29) is 0 Å². The average molecular weight is 553 g/mol. The molecule has 8 rings (SSSR count). The van der Waals surface area contributed by atoms with E-state index in [9.17, 15) is 0 Å². The van der Waals surface area contributed by atoms with Gasteiger partial charge in [0.15, 0.2) is 11.5 Å². The maximum absolute atomic E-state index is 5.99. The molecule has 206 valence electrons. The van der Waals surface area contributed by atoms with Crippen LogP contribution in [0.25, 0.3) is 55.7 Å². The highest BCUT2D eigenvalue weighted by atomic mass is 15.2. The normalized spacial score (nSPS) is 14.8. The zero-order chi connectivity index (χ0) is 28.0. The van der Waals surface area contributed by atoms with Crippen molar-refractivity contribution in [2.24, 2.45) is 0 Å². The first-order valence-electron chi connectivity index (χ1n) is 14.1. The molecule has 42 heavy (non-hydrogen) atoms. The number of fused-ring (bicyclic) bond motifs is 3. The Labute approximate surface area is 241 Å². The summed E-state index contributed by atoms with van der Waals surface area (Å²) in [4.78, 5) is 33.0. The topological polar surface area (TPSA) is 127 Å². The molecule has 10 heteroatoms. The van der Waals surface area contributed by atoms with Gasteiger partial charge < -0.3 is 15.3 Å². The van der Waals surface area contributed by atoms with Gasteiger partial charge in [0.1, 0.15) is 18.2 Å². The van der Waals surface area contributed by atoms with Crippen LogP contribution in [0.4, 0.5) is 5.82 Å². The molecule has 1 fully saturated rings. The molecule has 7 aromatic rings. The third-order valence-electron chi connectivity index (χ3n) is 8.25. The summed E-state index contributed by atoms with van der Waals surface area (Å²) in [5.41, 5.74) is 16.3. The Morgan fingerprint density at radius 3 is 2.36 bits per heavy atom. The van der Waals surface area contributed by atoms with Crippen LogP contribution in [0.1, 0.15) is 24.4 Å². The molecule has 0 spiro atoms. The van der Waals surface area contributed by atoms with E-state index in [0.29, 0.717) is 17.4 Å². The second-order valence-corrected chi connectivity index (χ2v) is 10.8. The maximum atomic E-state index is 5.99. The van der Waals surface area contributed by atoms with Gasteiger partial charge in [-0.1, -0.05) is 54.6 Å². The van der Waals surface area contributed by atoms with E-state index in [1.165, 1.54) is 11.9 Å². The van der Waals surface area contributed by atoms with Gasteiger partial charge in [0.2, 0.25) is 0 Å². The van der Waals surface area contributed by atoms with Crippen LogP contribution in [0.15, 0.2) is 85.7 Å². The molecule has 1 aliphatic heterocycles. The van der Waals surface area contributed by atoms with Crippen molar-refractivity contribution in [2.45, 2.75) is 25.4 Å². The second kappa shape index (κ2) is 10.0. The van der Waals surface area contributed by atoms with Crippen molar-refractivity contribution in [3.8, 4) is 22.5 Å². The van der Waals surface area contributed by atoms with E-state index in [2.05, 4.69) is 75.8 Å². The molecule has 0 radical (unpaired) electrons. The zero-order valence-electron chi connectivity index (χ0n) is 22.9. The predicted octanol–water partition coefficient (Wildman–Crippen LogP) is 5.40. The predicted molar refractivity (Wildman–Crippen MR) is 163 cm³/mol. The number of anilines is 1. The van der Waals surface area contributed by atoms with Crippen molar-refractivity contribution in [3.63, 3.8) is 0 Å². The Morgan fingerprint density at radius 1 is 0.786 bits per heavy atom. The molecule has 3 aromatic carbocycles. The van der Waals surface area contributed by atoms with Gasteiger partial charge in [0, 0.05) is 36.8 Å². The number of hydrogen-bond donors (Lipinski definition) is 2. The summed E-state index contributed by atoms with van der Waals surface area (Å²) >= 11 is 0. The van der Waals surface area contributed by atoms with E-state index in [1.54, 1.807) is 6.33 Å². The molecule has 1 saturated heterocycles. The van der Waals surface area contributed by atoms with Gasteiger partial charge in [-0.15, -0.1) is 0 Å². The second-order valence-electron chi connectivity index (χ2n) is 10.8. The molecule has 4 aromatic heterocycles. The highest BCUT2D eigenvalue weighted by molar-refractivity contribution is 5.94. The molecule has 0 aliphatic carbocycles. The average Bonchev–Trinajstić information content (AvgIpc) is 3.68. The lowest BCUT2D eigenvalue weighted by Crippen LogP contribution is -2.34. The van der Waals surface area contributed by atoms with Gasteiger partial charge in [-0.3, -0.25) is 4.90 Å². The number of rotatable bonds is 5. The van der Waals surface area contributed by atoms with Crippen LogP contribution in [0.5, 0.6) is 0 Å². The van der Waals surface area contributed by atoms with Crippen molar-refractivity contribution in [1.82, 2.24) is 44.4 Å². The third kappa shape index (κ3) is 4.33. The standard InChI is InChI=1S/C32H28N10/c33-31-30-32(37-18-36-31)42(19-38-30)23-10-12-41(13-11-23)16-20-6-8-22(9-7-20)29-28(21-4-2-1-3-5-21)39-26-14-24-25(35-17-34-24)15-27(26)40-29/h1-9,14-15,17-19,23,40H,10-13,16H2,(H2,33,36,37). The highest BCUT2D eigenvalue weighted by Crippen LogP contribution is 2.33. The van der Waals surface area contributed by atoms with Crippen molar-refractivity contribution in [3.05, 3.63) is 91.3 Å². The van der Waals surface area contributed by atoms with Crippen LogP contribution in [-0.2, 0) is 6.54 Å². The number of nitrogens with zero attached hydrogens (tertiary/aromatic N) is 8. The van der Waals surface area contributed by atoms with Crippen molar-refractivity contribution in [1.29, 1.82) is 0 Å². The molecule has 0 amide bonds. The Morgan fingerprint density at radius 2 is 1.55 bits per heavy atom. The number of aromatic amines is 1. The molecular weight excluding hydrogens is 524 g/mol. The van der Waals surface area contributed by atoms with E-state index in [4.69, 9.17) is 10.7 Å². The minimum absolute atomic E-state index is 0.357. The fourth-order valence-electron chi connectivity index (χ4n) is 6.03. The number of nitrogens with one attached hydrogen (secondary N) is 1. The van der Waals surface area contributed by atoms with Crippen LogP contribution in [0, 0.1) is 0 Å². The first-order chi connectivity index (χ1) is 20.7. The number of likely N-dealkylation sites (tertiary alicyclic amines) is 1.